The van der Waals surface area contributed by atoms with Crippen molar-refractivity contribution >= 4 is 17.9 Å². The van der Waals surface area contributed by atoms with Crippen molar-refractivity contribution in [2.75, 3.05) is 6.61 Å². The molecule has 1 rings (SSSR count). The van der Waals surface area contributed by atoms with Gasteiger partial charge in [0.05, 0.1) is 0 Å². The van der Waals surface area contributed by atoms with E-state index in [1.165, 1.54) is 12.1 Å². The monoisotopic (exact) mass is 256 g/mol. The van der Waals surface area contributed by atoms with Gasteiger partial charge in [-0.1, -0.05) is 6.07 Å². The van der Waals surface area contributed by atoms with Crippen molar-refractivity contribution in [2.24, 2.45) is 5.73 Å². The van der Waals surface area contributed by atoms with Gasteiger partial charge in [0.15, 0.2) is 6.61 Å². The fourth-order valence-electron chi connectivity index (χ4n) is 1.15. The molecule has 8 heteroatoms. The summed E-state index contributed by atoms with van der Waals surface area (Å²) in [7, 11) is 0. The predicted molar refractivity (Wildman–Crippen MR) is 56.6 cm³/mol. The average Bonchev–Trinajstić information content (AvgIpc) is 2.24. The van der Waals surface area contributed by atoms with E-state index in [2.05, 4.69) is 5.73 Å². The molecule has 0 aliphatic carbocycles. The maximum atomic E-state index is 13.2. The number of carboxylic acids is 1. The van der Waals surface area contributed by atoms with Crippen LogP contribution in [0.2, 0.25) is 0 Å². The van der Waals surface area contributed by atoms with Crippen LogP contribution in [0, 0.1) is 5.82 Å². The molecule has 0 unspecified atom stereocenters. The van der Waals surface area contributed by atoms with Crippen LogP contribution in [0.4, 0.5) is 9.18 Å². The summed E-state index contributed by atoms with van der Waals surface area (Å²) in [5.74, 6) is -3.71. The van der Waals surface area contributed by atoms with E-state index >= 15 is 0 Å². The molecule has 3 amide bonds. The minimum atomic E-state index is -1.53. The van der Waals surface area contributed by atoms with Crippen molar-refractivity contribution in [1.29, 1.82) is 0 Å². The smallest absolute Gasteiger partial charge is 0.342 e. The van der Waals surface area contributed by atoms with Gasteiger partial charge < -0.3 is 15.6 Å². The zero-order valence-electron chi connectivity index (χ0n) is 8.97. The Kier molecular flexibility index (Phi) is 4.19. The number of primary amides is 1. The van der Waals surface area contributed by atoms with E-state index in [0.717, 1.165) is 6.07 Å². The lowest BCUT2D eigenvalue weighted by Crippen LogP contribution is -2.38. The fourth-order valence-corrected chi connectivity index (χ4v) is 1.15. The number of ether oxygens (including phenoxy) is 1. The Balaban J connectivity index is 2.79. The van der Waals surface area contributed by atoms with Crippen LogP contribution >= 0.6 is 0 Å². The molecule has 7 nitrogen and oxygen atoms in total. The molecule has 0 saturated carbocycles. The molecular weight excluding hydrogens is 247 g/mol. The van der Waals surface area contributed by atoms with Crippen molar-refractivity contribution in [3.63, 3.8) is 0 Å². The number of halogens is 1. The second-order valence-corrected chi connectivity index (χ2v) is 3.12. The summed E-state index contributed by atoms with van der Waals surface area (Å²) >= 11 is 0. The van der Waals surface area contributed by atoms with Gasteiger partial charge in [0.25, 0.3) is 5.91 Å². The van der Waals surface area contributed by atoms with Crippen LogP contribution in [0.1, 0.15) is 10.4 Å². The lowest BCUT2D eigenvalue weighted by atomic mass is 10.2. The van der Waals surface area contributed by atoms with Crippen molar-refractivity contribution in [3.8, 4) is 5.75 Å². The standard InChI is InChI=1S/C10H9FN2O5/c11-5-2-1-3-6(8(5)9(15)16)18-4-7(14)13-10(12)17/h1-3H,4H2,(H,15,16)(H3,12,13,14,17). The van der Waals surface area contributed by atoms with Crippen LogP contribution in [0.5, 0.6) is 5.75 Å². The number of carbonyl (C=O) groups is 3. The Labute approximate surface area is 100 Å². The van der Waals surface area contributed by atoms with Crippen molar-refractivity contribution < 1.29 is 28.6 Å². The van der Waals surface area contributed by atoms with Gasteiger partial charge in [0.2, 0.25) is 0 Å². The summed E-state index contributed by atoms with van der Waals surface area (Å²) in [4.78, 5) is 32.1. The Bertz CT molecular complexity index is 503. The molecule has 0 aliphatic rings. The maximum Gasteiger partial charge on any atom is 0.342 e. The second kappa shape index (κ2) is 5.62. The highest BCUT2D eigenvalue weighted by molar-refractivity contribution is 5.94. The largest absolute Gasteiger partial charge is 0.483 e. The number of nitrogens with two attached hydrogens (primary N) is 1. The molecule has 0 radical (unpaired) electrons. The van der Waals surface area contributed by atoms with Gasteiger partial charge in [-0.25, -0.2) is 14.0 Å². The van der Waals surface area contributed by atoms with E-state index in [1.807, 2.05) is 0 Å². The predicted octanol–water partition coefficient (Wildman–Crippen LogP) is 0.0976. The first-order valence-corrected chi connectivity index (χ1v) is 4.65. The first-order valence-electron chi connectivity index (χ1n) is 4.65. The summed E-state index contributed by atoms with van der Waals surface area (Å²) in [5, 5.41) is 10.5. The highest BCUT2D eigenvalue weighted by Gasteiger charge is 2.17. The first kappa shape index (κ1) is 13.4. The van der Waals surface area contributed by atoms with Crippen LogP contribution in [0.15, 0.2) is 18.2 Å². The molecule has 0 bridgehead atoms. The lowest BCUT2D eigenvalue weighted by Gasteiger charge is -2.08. The molecule has 1 aromatic rings. The molecule has 96 valence electrons. The number of carbonyl (C=O) groups excluding carboxylic acids is 2. The summed E-state index contributed by atoms with van der Waals surface area (Å²) in [6.07, 6.45) is 0. The molecular formula is C10H9FN2O5. The number of amides is 3. The third kappa shape index (κ3) is 3.44. The number of nitrogens with one attached hydrogen (secondary N) is 1. The lowest BCUT2D eigenvalue weighted by molar-refractivity contribution is -0.121. The van der Waals surface area contributed by atoms with Gasteiger partial charge >= 0.3 is 12.0 Å². The number of aromatic carboxylic acids is 1. The summed E-state index contributed by atoms with van der Waals surface area (Å²) in [6, 6.07) is 2.29. The Hall–Kier alpha value is -2.64. The summed E-state index contributed by atoms with van der Waals surface area (Å²) in [5.41, 5.74) is 3.99. The minimum absolute atomic E-state index is 0.317. The summed E-state index contributed by atoms with van der Waals surface area (Å²) < 4.78 is 18.0. The Morgan fingerprint density at radius 1 is 1.39 bits per heavy atom. The topological polar surface area (TPSA) is 119 Å². The van der Waals surface area contributed by atoms with Crippen LogP contribution in [-0.2, 0) is 4.79 Å². The highest BCUT2D eigenvalue weighted by Crippen LogP contribution is 2.21. The number of benzene rings is 1. The fraction of sp³-hybridized carbons (Fsp3) is 0.100. The molecule has 4 N–H and O–H groups in total. The molecule has 1 aromatic carbocycles. The van der Waals surface area contributed by atoms with Crippen molar-refractivity contribution in [3.05, 3.63) is 29.6 Å². The molecule has 0 saturated heterocycles. The van der Waals surface area contributed by atoms with Crippen LogP contribution in [0.3, 0.4) is 0 Å². The van der Waals surface area contributed by atoms with E-state index in [-0.39, 0.29) is 5.75 Å². The van der Waals surface area contributed by atoms with Gasteiger partial charge in [0, 0.05) is 0 Å². The van der Waals surface area contributed by atoms with E-state index in [0.29, 0.717) is 0 Å². The maximum absolute atomic E-state index is 13.2. The SMILES string of the molecule is NC(=O)NC(=O)COc1cccc(F)c1C(=O)O. The second-order valence-electron chi connectivity index (χ2n) is 3.12. The zero-order chi connectivity index (χ0) is 13.7. The quantitative estimate of drug-likeness (QED) is 0.705. The molecule has 0 aliphatic heterocycles. The molecule has 0 aromatic heterocycles. The van der Waals surface area contributed by atoms with Gasteiger partial charge in [-0.3, -0.25) is 10.1 Å². The Morgan fingerprint density at radius 2 is 2.06 bits per heavy atom. The average molecular weight is 256 g/mol. The number of hydrogen-bond acceptors (Lipinski definition) is 4. The summed E-state index contributed by atoms with van der Waals surface area (Å²) in [6.45, 7) is -0.660. The van der Waals surface area contributed by atoms with E-state index in [9.17, 15) is 18.8 Å². The van der Waals surface area contributed by atoms with Crippen LogP contribution in [-0.4, -0.2) is 29.6 Å². The third-order valence-corrected chi connectivity index (χ3v) is 1.81. The van der Waals surface area contributed by atoms with Crippen molar-refractivity contribution in [1.82, 2.24) is 5.32 Å². The first-order chi connectivity index (χ1) is 8.41. The molecule has 0 atom stereocenters. The number of urea groups is 1. The minimum Gasteiger partial charge on any atom is -0.483 e. The highest BCUT2D eigenvalue weighted by atomic mass is 19.1. The molecule has 0 fully saturated rings. The third-order valence-electron chi connectivity index (χ3n) is 1.81. The van der Waals surface area contributed by atoms with Crippen LogP contribution in [0.25, 0.3) is 0 Å². The van der Waals surface area contributed by atoms with Gasteiger partial charge in [0.1, 0.15) is 17.1 Å². The van der Waals surface area contributed by atoms with E-state index in [4.69, 9.17) is 9.84 Å². The van der Waals surface area contributed by atoms with E-state index in [1.54, 1.807) is 5.32 Å². The molecule has 0 heterocycles. The molecule has 0 spiro atoms. The Morgan fingerprint density at radius 3 is 2.61 bits per heavy atom. The van der Waals surface area contributed by atoms with Gasteiger partial charge in [-0.15, -0.1) is 0 Å². The van der Waals surface area contributed by atoms with E-state index < -0.39 is 35.9 Å². The van der Waals surface area contributed by atoms with Gasteiger partial charge in [-0.05, 0) is 12.1 Å². The molecule has 18 heavy (non-hydrogen) atoms. The number of rotatable bonds is 4. The van der Waals surface area contributed by atoms with Crippen molar-refractivity contribution in [2.45, 2.75) is 0 Å². The zero-order valence-corrected chi connectivity index (χ0v) is 8.97. The normalized spacial score (nSPS) is 9.61. The number of carboxylic acid groups (broad SMARTS) is 1. The van der Waals surface area contributed by atoms with Crippen LogP contribution < -0.4 is 15.8 Å². The number of imide groups is 1. The van der Waals surface area contributed by atoms with Gasteiger partial charge in [-0.2, -0.15) is 0 Å². The number of hydrogen-bond donors (Lipinski definition) is 3.